The van der Waals surface area contributed by atoms with Crippen molar-refractivity contribution in [2.45, 2.75) is 18.9 Å². The Morgan fingerprint density at radius 3 is 2.86 bits per heavy atom. The van der Waals surface area contributed by atoms with Gasteiger partial charge in [0.1, 0.15) is 12.6 Å². The maximum absolute atomic E-state index is 12.6. The van der Waals surface area contributed by atoms with Gasteiger partial charge in [0.2, 0.25) is 11.8 Å². The number of pyridine rings is 1. The Kier molecular flexibility index (Phi) is 2.67. The summed E-state index contributed by atoms with van der Waals surface area (Å²) in [4.78, 5) is 30.3. The monoisotopic (exact) mass is 281 g/mol. The molecular weight excluding hydrogens is 266 g/mol. The smallest absolute Gasteiger partial charge is 0.250 e. The first-order chi connectivity index (χ1) is 10.2. The molecule has 0 spiro atoms. The van der Waals surface area contributed by atoms with Gasteiger partial charge < -0.3 is 10.2 Å². The summed E-state index contributed by atoms with van der Waals surface area (Å²) in [6.45, 7) is 0.0911. The van der Waals surface area contributed by atoms with Gasteiger partial charge in [0.05, 0.1) is 5.52 Å². The number of nitrogens with zero attached hydrogens (tertiary/aromatic N) is 2. The minimum absolute atomic E-state index is 0.000315. The summed E-state index contributed by atoms with van der Waals surface area (Å²) in [5, 5.41) is 3.79. The molecule has 1 aromatic heterocycles. The van der Waals surface area contributed by atoms with E-state index in [-0.39, 0.29) is 24.4 Å². The number of hydrogen-bond acceptors (Lipinski definition) is 3. The standard InChI is InChI=1S/C16H15N3O2/c20-14-9-19(16(21)15(18-14)10-3-4-10)12-5-6-13-11(8-12)2-1-7-17-13/h1-2,5-8,10,15H,3-4,9H2,(H,18,20). The maximum atomic E-state index is 12.6. The van der Waals surface area contributed by atoms with Gasteiger partial charge in [0.15, 0.2) is 0 Å². The third kappa shape index (κ3) is 2.14. The molecule has 5 heteroatoms. The Morgan fingerprint density at radius 1 is 1.19 bits per heavy atom. The van der Waals surface area contributed by atoms with E-state index in [1.54, 1.807) is 11.1 Å². The Morgan fingerprint density at radius 2 is 2.05 bits per heavy atom. The number of piperazine rings is 1. The van der Waals surface area contributed by atoms with Gasteiger partial charge in [-0.15, -0.1) is 0 Å². The molecule has 1 aromatic carbocycles. The summed E-state index contributed by atoms with van der Waals surface area (Å²) in [5.74, 6) is 0.226. The van der Waals surface area contributed by atoms with Crippen LogP contribution in [-0.4, -0.2) is 29.4 Å². The van der Waals surface area contributed by atoms with Crippen LogP contribution < -0.4 is 10.2 Å². The van der Waals surface area contributed by atoms with Crippen LogP contribution in [0.4, 0.5) is 5.69 Å². The van der Waals surface area contributed by atoms with Gasteiger partial charge in [-0.25, -0.2) is 0 Å². The maximum Gasteiger partial charge on any atom is 0.250 e. The van der Waals surface area contributed by atoms with Crippen LogP contribution in [0.1, 0.15) is 12.8 Å². The molecular formula is C16H15N3O2. The van der Waals surface area contributed by atoms with Crippen molar-refractivity contribution in [3.8, 4) is 0 Å². The molecule has 1 aliphatic carbocycles. The van der Waals surface area contributed by atoms with E-state index in [1.165, 1.54) is 0 Å². The molecule has 1 saturated heterocycles. The molecule has 1 unspecified atom stereocenters. The fourth-order valence-electron chi connectivity index (χ4n) is 2.87. The van der Waals surface area contributed by atoms with Crippen molar-refractivity contribution in [2.24, 2.45) is 5.92 Å². The van der Waals surface area contributed by atoms with Crippen molar-refractivity contribution in [2.75, 3.05) is 11.4 Å². The predicted octanol–water partition coefficient (Wildman–Crippen LogP) is 1.48. The zero-order chi connectivity index (χ0) is 14.4. The summed E-state index contributed by atoms with van der Waals surface area (Å²) in [7, 11) is 0. The van der Waals surface area contributed by atoms with Crippen LogP contribution in [0.5, 0.6) is 0 Å². The molecule has 21 heavy (non-hydrogen) atoms. The number of fused-ring (bicyclic) bond motifs is 1. The van der Waals surface area contributed by atoms with Crippen LogP contribution in [-0.2, 0) is 9.59 Å². The second-order valence-electron chi connectivity index (χ2n) is 5.69. The van der Waals surface area contributed by atoms with Crippen molar-refractivity contribution in [1.29, 1.82) is 0 Å². The topological polar surface area (TPSA) is 62.3 Å². The summed E-state index contributed by atoms with van der Waals surface area (Å²) in [5.41, 5.74) is 1.65. The second kappa shape index (κ2) is 4.55. The fourth-order valence-corrected chi connectivity index (χ4v) is 2.87. The SMILES string of the molecule is O=C1CN(c2ccc3ncccc3c2)C(=O)C(C2CC2)N1. The Labute approximate surface area is 122 Å². The lowest BCUT2D eigenvalue weighted by Crippen LogP contribution is -2.59. The van der Waals surface area contributed by atoms with Gasteiger partial charge >= 0.3 is 0 Å². The summed E-state index contributed by atoms with van der Waals surface area (Å²) in [6, 6.07) is 9.13. The first-order valence-electron chi connectivity index (χ1n) is 7.18. The summed E-state index contributed by atoms with van der Waals surface area (Å²) < 4.78 is 0. The first-order valence-corrected chi connectivity index (χ1v) is 7.18. The van der Waals surface area contributed by atoms with E-state index >= 15 is 0 Å². The number of carbonyl (C=O) groups is 2. The first kappa shape index (κ1) is 12.3. The van der Waals surface area contributed by atoms with E-state index in [0.29, 0.717) is 5.92 Å². The quantitative estimate of drug-likeness (QED) is 0.907. The van der Waals surface area contributed by atoms with Crippen molar-refractivity contribution in [1.82, 2.24) is 10.3 Å². The van der Waals surface area contributed by atoms with Crippen LogP contribution in [0, 0.1) is 5.92 Å². The van der Waals surface area contributed by atoms with Crippen molar-refractivity contribution >= 4 is 28.4 Å². The lowest BCUT2D eigenvalue weighted by Gasteiger charge is -2.32. The van der Waals surface area contributed by atoms with E-state index in [1.807, 2.05) is 30.3 Å². The highest BCUT2D eigenvalue weighted by Crippen LogP contribution is 2.35. The Bertz CT molecular complexity index is 739. The van der Waals surface area contributed by atoms with Crippen LogP contribution in [0.15, 0.2) is 36.5 Å². The molecule has 106 valence electrons. The average Bonchev–Trinajstić information content (AvgIpc) is 3.33. The molecule has 2 aromatic rings. The highest BCUT2D eigenvalue weighted by molar-refractivity contribution is 6.07. The van der Waals surface area contributed by atoms with E-state index < -0.39 is 0 Å². The number of nitrogens with one attached hydrogen (secondary N) is 1. The summed E-state index contributed by atoms with van der Waals surface area (Å²) in [6.07, 6.45) is 3.78. The highest BCUT2D eigenvalue weighted by atomic mass is 16.2. The van der Waals surface area contributed by atoms with Crippen molar-refractivity contribution in [3.63, 3.8) is 0 Å². The Hall–Kier alpha value is -2.43. The van der Waals surface area contributed by atoms with Crippen molar-refractivity contribution < 1.29 is 9.59 Å². The zero-order valence-corrected chi connectivity index (χ0v) is 11.5. The number of anilines is 1. The molecule has 2 fully saturated rings. The molecule has 0 bridgehead atoms. The summed E-state index contributed by atoms with van der Waals surface area (Å²) >= 11 is 0. The van der Waals surface area contributed by atoms with Gasteiger partial charge in [-0.1, -0.05) is 6.07 Å². The van der Waals surface area contributed by atoms with Gasteiger partial charge in [0.25, 0.3) is 0 Å². The molecule has 1 aliphatic heterocycles. The van der Waals surface area contributed by atoms with Crippen LogP contribution in [0.3, 0.4) is 0 Å². The zero-order valence-electron chi connectivity index (χ0n) is 11.5. The molecule has 2 heterocycles. The molecule has 2 amide bonds. The largest absolute Gasteiger partial charge is 0.342 e. The van der Waals surface area contributed by atoms with Crippen LogP contribution >= 0.6 is 0 Å². The number of rotatable bonds is 2. The van der Waals surface area contributed by atoms with Gasteiger partial charge in [0, 0.05) is 17.3 Å². The van der Waals surface area contributed by atoms with E-state index in [0.717, 1.165) is 29.4 Å². The van der Waals surface area contributed by atoms with Crippen LogP contribution in [0.25, 0.3) is 10.9 Å². The molecule has 5 nitrogen and oxygen atoms in total. The van der Waals surface area contributed by atoms with Gasteiger partial charge in [-0.2, -0.15) is 0 Å². The van der Waals surface area contributed by atoms with E-state index in [2.05, 4.69) is 10.3 Å². The van der Waals surface area contributed by atoms with Crippen molar-refractivity contribution in [3.05, 3.63) is 36.5 Å². The fraction of sp³-hybridized carbons (Fsp3) is 0.312. The number of benzene rings is 1. The van der Waals surface area contributed by atoms with E-state index in [4.69, 9.17) is 0 Å². The van der Waals surface area contributed by atoms with Gasteiger partial charge in [-0.05, 0) is 43.0 Å². The Balaban J connectivity index is 1.72. The number of hydrogen-bond donors (Lipinski definition) is 1. The molecule has 0 radical (unpaired) electrons. The second-order valence-corrected chi connectivity index (χ2v) is 5.69. The molecule has 1 saturated carbocycles. The molecule has 1 atom stereocenters. The third-order valence-electron chi connectivity index (χ3n) is 4.14. The molecule has 4 rings (SSSR count). The van der Waals surface area contributed by atoms with E-state index in [9.17, 15) is 9.59 Å². The lowest BCUT2D eigenvalue weighted by molar-refractivity contribution is -0.131. The normalized spacial score (nSPS) is 22.5. The highest BCUT2D eigenvalue weighted by Gasteiger charge is 2.43. The third-order valence-corrected chi connectivity index (χ3v) is 4.14. The minimum Gasteiger partial charge on any atom is -0.342 e. The number of carbonyl (C=O) groups excluding carboxylic acids is 2. The minimum atomic E-state index is -0.351. The van der Waals surface area contributed by atoms with Crippen LogP contribution in [0.2, 0.25) is 0 Å². The number of amides is 2. The number of aromatic nitrogens is 1. The average molecular weight is 281 g/mol. The molecule has 2 aliphatic rings. The lowest BCUT2D eigenvalue weighted by atomic mass is 10.1. The van der Waals surface area contributed by atoms with Gasteiger partial charge in [-0.3, -0.25) is 14.6 Å². The predicted molar refractivity (Wildman–Crippen MR) is 78.8 cm³/mol. The molecule has 1 N–H and O–H groups in total.